The third kappa shape index (κ3) is 4.64. The molecule has 0 bridgehead atoms. The fraction of sp³-hybridized carbons (Fsp3) is 0.167. The van der Waals surface area contributed by atoms with E-state index in [1.807, 2.05) is 41.3 Å². The summed E-state index contributed by atoms with van der Waals surface area (Å²) in [5, 5.41) is 11.3. The summed E-state index contributed by atoms with van der Waals surface area (Å²) in [5.74, 6) is 0.655. The SMILES string of the molecule is N=S(=O)(NC1=COC[C@H](N2c3ccccc3Oc3ccccc32)[C@H]1O)c1ccc(OC(F)(F)F)cc1. The fourth-order valence-corrected chi connectivity index (χ4v) is 5.19. The summed E-state index contributed by atoms with van der Waals surface area (Å²) >= 11 is 0. The molecule has 188 valence electrons. The van der Waals surface area contributed by atoms with Gasteiger partial charge in [0.15, 0.2) is 21.4 Å². The van der Waals surface area contributed by atoms with Crippen molar-refractivity contribution in [3.8, 4) is 17.2 Å². The van der Waals surface area contributed by atoms with Crippen LogP contribution in [0.15, 0.2) is 89.7 Å². The van der Waals surface area contributed by atoms with Crippen molar-refractivity contribution in [1.82, 2.24) is 4.72 Å². The minimum Gasteiger partial charge on any atom is -0.497 e. The topological polar surface area (TPSA) is 104 Å². The number of hydrogen-bond donors (Lipinski definition) is 3. The first-order chi connectivity index (χ1) is 17.1. The smallest absolute Gasteiger partial charge is 0.497 e. The van der Waals surface area contributed by atoms with Crippen LogP contribution < -0.4 is 19.1 Å². The first kappa shape index (κ1) is 23.8. The van der Waals surface area contributed by atoms with Crippen LogP contribution >= 0.6 is 0 Å². The van der Waals surface area contributed by atoms with Crippen LogP contribution in [0.25, 0.3) is 0 Å². The van der Waals surface area contributed by atoms with Gasteiger partial charge in [0.2, 0.25) is 0 Å². The van der Waals surface area contributed by atoms with Gasteiger partial charge in [0, 0.05) is 0 Å². The highest BCUT2D eigenvalue weighted by molar-refractivity contribution is 7.90. The Labute approximate surface area is 204 Å². The van der Waals surface area contributed by atoms with E-state index in [4.69, 9.17) is 14.3 Å². The number of aliphatic hydroxyl groups is 1. The lowest BCUT2D eigenvalue weighted by Gasteiger charge is -2.42. The van der Waals surface area contributed by atoms with Crippen molar-refractivity contribution in [1.29, 1.82) is 4.78 Å². The van der Waals surface area contributed by atoms with Gasteiger partial charge in [0.1, 0.15) is 30.8 Å². The van der Waals surface area contributed by atoms with E-state index >= 15 is 0 Å². The molecule has 0 saturated heterocycles. The maximum Gasteiger partial charge on any atom is 0.573 e. The van der Waals surface area contributed by atoms with Gasteiger partial charge in [-0.1, -0.05) is 24.3 Å². The third-order valence-electron chi connectivity index (χ3n) is 5.61. The van der Waals surface area contributed by atoms with Crippen LogP contribution in [-0.2, 0) is 14.7 Å². The van der Waals surface area contributed by atoms with Crippen LogP contribution in [0.5, 0.6) is 17.2 Å². The highest BCUT2D eigenvalue weighted by Gasteiger charge is 2.39. The van der Waals surface area contributed by atoms with Gasteiger partial charge < -0.3 is 24.2 Å². The molecular weight excluding hydrogens is 499 g/mol. The molecule has 12 heteroatoms. The maximum absolute atomic E-state index is 13.1. The lowest BCUT2D eigenvalue weighted by Crippen LogP contribution is -2.50. The third-order valence-corrected chi connectivity index (χ3v) is 7.07. The minimum atomic E-state index is -4.87. The number of nitrogens with one attached hydrogen (secondary N) is 2. The molecule has 1 unspecified atom stereocenters. The molecule has 0 fully saturated rings. The highest BCUT2D eigenvalue weighted by atomic mass is 32.2. The van der Waals surface area contributed by atoms with Crippen molar-refractivity contribution in [2.45, 2.75) is 23.4 Å². The van der Waals surface area contributed by atoms with Crippen LogP contribution in [0.3, 0.4) is 0 Å². The predicted molar refractivity (Wildman–Crippen MR) is 124 cm³/mol. The number of benzene rings is 3. The molecule has 3 aromatic rings. The summed E-state index contributed by atoms with van der Waals surface area (Å²) in [6.45, 7) is 0.0810. The molecular formula is C24H20F3N3O5S. The first-order valence-corrected chi connectivity index (χ1v) is 12.3. The second kappa shape index (κ2) is 8.95. The molecule has 8 nitrogen and oxygen atoms in total. The van der Waals surface area contributed by atoms with Crippen molar-refractivity contribution < 1.29 is 36.7 Å². The molecule has 3 N–H and O–H groups in total. The molecule has 0 amide bonds. The summed E-state index contributed by atoms with van der Waals surface area (Å²) in [6.07, 6.45) is -4.94. The van der Waals surface area contributed by atoms with E-state index in [9.17, 15) is 22.5 Å². The Morgan fingerprint density at radius 2 is 1.58 bits per heavy atom. The Bertz CT molecular complexity index is 1370. The van der Waals surface area contributed by atoms with Gasteiger partial charge in [0.05, 0.1) is 22.0 Å². The zero-order valence-electron chi connectivity index (χ0n) is 18.4. The molecule has 36 heavy (non-hydrogen) atoms. The number of halogens is 3. The van der Waals surface area contributed by atoms with Gasteiger partial charge in [-0.2, -0.15) is 0 Å². The van der Waals surface area contributed by atoms with Gasteiger partial charge >= 0.3 is 6.36 Å². The number of nitrogens with zero attached hydrogens (tertiary/aromatic N) is 1. The molecule has 0 aliphatic carbocycles. The second-order valence-corrected chi connectivity index (χ2v) is 9.79. The van der Waals surface area contributed by atoms with Gasteiger partial charge in [-0.25, -0.2) is 8.99 Å². The van der Waals surface area contributed by atoms with E-state index in [-0.39, 0.29) is 17.2 Å². The summed E-state index contributed by atoms with van der Waals surface area (Å²) in [4.78, 5) is 1.76. The number of anilines is 2. The zero-order valence-corrected chi connectivity index (χ0v) is 19.3. The van der Waals surface area contributed by atoms with Crippen LogP contribution in [0.2, 0.25) is 0 Å². The molecule has 3 aromatic carbocycles. The number of hydrogen-bond acceptors (Lipinski definition) is 7. The Hall–Kier alpha value is -3.90. The molecule has 3 atom stereocenters. The van der Waals surface area contributed by atoms with Crippen LogP contribution in [0, 0.1) is 4.78 Å². The van der Waals surface area contributed by atoms with Crippen LogP contribution in [-0.4, -0.2) is 34.4 Å². The quantitative estimate of drug-likeness (QED) is 0.436. The number of ether oxygens (including phenoxy) is 3. The summed E-state index contributed by atoms with van der Waals surface area (Å²) < 4.78 is 76.6. The van der Waals surface area contributed by atoms with Crippen molar-refractivity contribution in [2.75, 3.05) is 11.5 Å². The number of fused-ring (bicyclic) bond motifs is 2. The van der Waals surface area contributed by atoms with Gasteiger partial charge in [-0.15, -0.1) is 13.2 Å². The van der Waals surface area contributed by atoms with Crippen molar-refractivity contribution >= 4 is 21.3 Å². The Kier molecular flexibility index (Phi) is 5.92. The highest BCUT2D eigenvalue weighted by Crippen LogP contribution is 2.48. The largest absolute Gasteiger partial charge is 0.573 e. The lowest BCUT2D eigenvalue weighted by atomic mass is 10.0. The Balaban J connectivity index is 1.41. The van der Waals surface area contributed by atoms with E-state index in [0.29, 0.717) is 22.9 Å². The zero-order chi connectivity index (χ0) is 25.5. The van der Waals surface area contributed by atoms with Crippen molar-refractivity contribution in [2.24, 2.45) is 0 Å². The van der Waals surface area contributed by atoms with Gasteiger partial charge in [0.25, 0.3) is 0 Å². The number of alkyl halides is 3. The number of rotatable bonds is 5. The molecule has 0 aromatic heterocycles. The van der Waals surface area contributed by atoms with E-state index in [1.54, 1.807) is 12.1 Å². The molecule has 2 aliphatic heterocycles. The minimum absolute atomic E-state index is 0.0108. The maximum atomic E-state index is 13.1. The second-order valence-electron chi connectivity index (χ2n) is 8.00. The molecule has 2 heterocycles. The van der Waals surface area contributed by atoms with Gasteiger partial charge in [-0.05, 0) is 48.5 Å². The van der Waals surface area contributed by atoms with Crippen LogP contribution in [0.4, 0.5) is 24.5 Å². The number of para-hydroxylation sites is 4. The van der Waals surface area contributed by atoms with Crippen molar-refractivity contribution in [3.63, 3.8) is 0 Å². The van der Waals surface area contributed by atoms with E-state index in [0.717, 1.165) is 24.3 Å². The lowest BCUT2D eigenvalue weighted by molar-refractivity contribution is -0.274. The Morgan fingerprint density at radius 1 is 1.00 bits per heavy atom. The monoisotopic (exact) mass is 519 g/mol. The molecule has 2 aliphatic rings. The van der Waals surface area contributed by atoms with E-state index in [1.165, 1.54) is 6.26 Å². The first-order valence-electron chi connectivity index (χ1n) is 10.7. The predicted octanol–water partition coefficient (Wildman–Crippen LogP) is 5.04. The average Bonchev–Trinajstić information content (AvgIpc) is 2.83. The molecule has 0 saturated carbocycles. The normalized spacial score (nSPS) is 20.6. The molecule has 0 radical (unpaired) electrons. The molecule has 0 spiro atoms. The number of aliphatic hydroxyl groups excluding tert-OH is 1. The summed E-state index contributed by atoms with van der Waals surface area (Å²) in [7, 11) is -3.77. The van der Waals surface area contributed by atoms with Crippen molar-refractivity contribution in [3.05, 3.63) is 84.8 Å². The molecule has 5 rings (SSSR count). The Morgan fingerprint density at radius 3 is 2.17 bits per heavy atom. The summed E-state index contributed by atoms with van der Waals surface area (Å²) in [6, 6.07) is 18.0. The van der Waals surface area contributed by atoms with E-state index < -0.39 is 34.2 Å². The van der Waals surface area contributed by atoms with Crippen LogP contribution in [0.1, 0.15) is 0 Å². The van der Waals surface area contributed by atoms with Gasteiger partial charge in [-0.3, -0.25) is 4.72 Å². The average molecular weight is 520 g/mol. The summed E-state index contributed by atoms with van der Waals surface area (Å²) in [5.41, 5.74) is 1.37. The fourth-order valence-electron chi connectivity index (χ4n) is 4.05. The standard InChI is InChI=1S/C24H20F3N3O5S/c25-24(26,27)35-15-9-11-16(12-10-15)36(28,32)29-17-13-33-14-20(23(17)31)30-18-5-1-3-7-21(18)34-22-8-4-2-6-19(22)30/h1-13,20,23,31H,14H2,(H2,28,29,32)/t20-,23-,36?/m0/s1. The van der Waals surface area contributed by atoms with E-state index in [2.05, 4.69) is 9.46 Å².